The second-order valence-corrected chi connectivity index (χ2v) is 6.65. The Hall–Kier alpha value is -3.05. The maximum atomic E-state index is 12.1. The molecule has 0 unspecified atom stereocenters. The first-order valence-corrected chi connectivity index (χ1v) is 9.37. The van der Waals surface area contributed by atoms with E-state index < -0.39 is 0 Å². The van der Waals surface area contributed by atoms with Crippen molar-refractivity contribution >= 4 is 23.7 Å². The Bertz CT molecular complexity index is 978. The Balaban J connectivity index is 1.59. The average Bonchev–Trinajstić information content (AvgIpc) is 3.17. The van der Waals surface area contributed by atoms with Crippen LogP contribution in [0.15, 0.2) is 64.1 Å². The van der Waals surface area contributed by atoms with E-state index in [1.165, 1.54) is 6.21 Å². The Morgan fingerprint density at radius 1 is 1.18 bits per heavy atom. The lowest BCUT2D eigenvalue weighted by atomic mass is 10.1. The van der Waals surface area contributed by atoms with Crippen LogP contribution in [0.1, 0.15) is 35.0 Å². The van der Waals surface area contributed by atoms with E-state index >= 15 is 0 Å². The fourth-order valence-corrected chi connectivity index (χ4v) is 2.65. The summed E-state index contributed by atoms with van der Waals surface area (Å²) in [5.41, 5.74) is 4.87. The molecule has 1 amide bonds. The van der Waals surface area contributed by atoms with E-state index in [4.69, 9.17) is 20.8 Å². The number of hydrazone groups is 1. The minimum Gasteiger partial charge on any atom is -0.494 e. The van der Waals surface area contributed by atoms with Gasteiger partial charge in [0, 0.05) is 16.1 Å². The summed E-state index contributed by atoms with van der Waals surface area (Å²) in [5, 5.41) is 4.64. The number of aryl methyl sites for hydroxylation is 1. The number of amides is 1. The summed E-state index contributed by atoms with van der Waals surface area (Å²) < 4.78 is 11.2. The molecule has 0 bridgehead atoms. The first kappa shape index (κ1) is 19.7. The van der Waals surface area contributed by atoms with E-state index in [0.717, 1.165) is 23.3 Å². The van der Waals surface area contributed by atoms with E-state index in [-0.39, 0.29) is 5.91 Å². The Labute approximate surface area is 169 Å². The maximum Gasteiger partial charge on any atom is 0.271 e. The summed E-state index contributed by atoms with van der Waals surface area (Å²) >= 11 is 6.16. The van der Waals surface area contributed by atoms with Gasteiger partial charge in [-0.1, -0.05) is 30.7 Å². The number of nitrogens with zero attached hydrogens (tertiary/aromatic N) is 1. The zero-order chi connectivity index (χ0) is 19.9. The highest BCUT2D eigenvalue weighted by atomic mass is 35.5. The van der Waals surface area contributed by atoms with Crippen LogP contribution in [0.25, 0.3) is 11.3 Å². The molecule has 0 aliphatic carbocycles. The van der Waals surface area contributed by atoms with E-state index in [1.54, 1.807) is 30.3 Å². The van der Waals surface area contributed by atoms with Gasteiger partial charge in [-0.2, -0.15) is 5.10 Å². The topological polar surface area (TPSA) is 63.8 Å². The summed E-state index contributed by atoms with van der Waals surface area (Å²) in [6.45, 7) is 4.63. The van der Waals surface area contributed by atoms with Gasteiger partial charge < -0.3 is 9.15 Å². The predicted octanol–water partition coefficient (Wildman–Crippen LogP) is 5.46. The zero-order valence-corrected chi connectivity index (χ0v) is 16.5. The average molecular weight is 397 g/mol. The van der Waals surface area contributed by atoms with Crippen molar-refractivity contribution in [1.29, 1.82) is 0 Å². The molecule has 0 radical (unpaired) electrons. The lowest BCUT2D eigenvalue weighted by Crippen LogP contribution is -2.17. The second kappa shape index (κ2) is 9.24. The van der Waals surface area contributed by atoms with Crippen molar-refractivity contribution in [2.45, 2.75) is 20.3 Å². The number of carbonyl (C=O) groups excluding carboxylic acids is 1. The molecule has 0 atom stereocenters. The van der Waals surface area contributed by atoms with Crippen molar-refractivity contribution in [2.75, 3.05) is 6.61 Å². The third kappa shape index (κ3) is 5.02. The fraction of sp³-hybridized carbons (Fsp3) is 0.182. The van der Waals surface area contributed by atoms with Gasteiger partial charge in [-0.3, -0.25) is 4.79 Å². The van der Waals surface area contributed by atoms with E-state index in [0.29, 0.717) is 28.7 Å². The zero-order valence-electron chi connectivity index (χ0n) is 15.7. The minimum atomic E-state index is -0.310. The van der Waals surface area contributed by atoms with Gasteiger partial charge in [-0.05, 0) is 61.4 Å². The van der Waals surface area contributed by atoms with Gasteiger partial charge in [-0.25, -0.2) is 5.43 Å². The van der Waals surface area contributed by atoms with Crippen molar-refractivity contribution < 1.29 is 13.9 Å². The van der Waals surface area contributed by atoms with Gasteiger partial charge in [0.1, 0.15) is 17.3 Å². The van der Waals surface area contributed by atoms with E-state index in [9.17, 15) is 4.79 Å². The van der Waals surface area contributed by atoms with Crippen LogP contribution < -0.4 is 10.2 Å². The molecule has 0 aliphatic rings. The lowest BCUT2D eigenvalue weighted by molar-refractivity contribution is 0.0955. The fourth-order valence-electron chi connectivity index (χ4n) is 2.47. The molecule has 144 valence electrons. The molecule has 6 heteroatoms. The highest BCUT2D eigenvalue weighted by Gasteiger charge is 2.07. The van der Waals surface area contributed by atoms with E-state index in [1.807, 2.05) is 38.1 Å². The van der Waals surface area contributed by atoms with Gasteiger partial charge in [0.15, 0.2) is 0 Å². The van der Waals surface area contributed by atoms with Gasteiger partial charge in [0.25, 0.3) is 5.91 Å². The number of furan rings is 1. The van der Waals surface area contributed by atoms with Gasteiger partial charge >= 0.3 is 0 Å². The molecule has 0 spiro atoms. The van der Waals surface area contributed by atoms with Crippen molar-refractivity contribution in [3.63, 3.8) is 0 Å². The monoisotopic (exact) mass is 396 g/mol. The molecule has 1 N–H and O–H groups in total. The molecular weight excluding hydrogens is 376 g/mol. The van der Waals surface area contributed by atoms with Crippen molar-refractivity contribution in [3.05, 3.63) is 76.5 Å². The second-order valence-electron chi connectivity index (χ2n) is 6.24. The number of carbonyl (C=O) groups is 1. The number of benzene rings is 2. The molecule has 3 rings (SSSR count). The van der Waals surface area contributed by atoms with Crippen LogP contribution in [0.4, 0.5) is 0 Å². The molecule has 1 aromatic heterocycles. The van der Waals surface area contributed by atoms with Gasteiger partial charge in [0.2, 0.25) is 0 Å². The predicted molar refractivity (Wildman–Crippen MR) is 111 cm³/mol. The minimum absolute atomic E-state index is 0.310. The van der Waals surface area contributed by atoms with Crippen LogP contribution in [0.3, 0.4) is 0 Å². The molecule has 5 nitrogen and oxygen atoms in total. The van der Waals surface area contributed by atoms with Crippen LogP contribution in [-0.4, -0.2) is 18.7 Å². The highest BCUT2D eigenvalue weighted by Crippen LogP contribution is 2.26. The molecule has 0 fully saturated rings. The van der Waals surface area contributed by atoms with Crippen LogP contribution in [0.5, 0.6) is 5.75 Å². The van der Waals surface area contributed by atoms with Crippen molar-refractivity contribution in [2.24, 2.45) is 5.10 Å². The summed E-state index contributed by atoms with van der Waals surface area (Å²) in [4.78, 5) is 12.1. The molecule has 1 heterocycles. The van der Waals surface area contributed by atoms with Gasteiger partial charge in [0.05, 0.1) is 12.8 Å². The molecule has 2 aromatic carbocycles. The number of hydrogen-bond acceptors (Lipinski definition) is 4. The van der Waals surface area contributed by atoms with Crippen LogP contribution in [-0.2, 0) is 0 Å². The summed E-state index contributed by atoms with van der Waals surface area (Å²) in [5.74, 6) is 1.63. The molecule has 0 saturated carbocycles. The molecule has 0 saturated heterocycles. The molecule has 3 aromatic rings. The number of nitrogens with one attached hydrogen (secondary N) is 1. The number of hydrogen-bond donors (Lipinski definition) is 1. The normalized spacial score (nSPS) is 11.0. The summed E-state index contributed by atoms with van der Waals surface area (Å²) in [6, 6.07) is 16.3. The first-order chi connectivity index (χ1) is 13.6. The van der Waals surface area contributed by atoms with E-state index in [2.05, 4.69) is 10.5 Å². The van der Waals surface area contributed by atoms with Gasteiger partial charge in [-0.15, -0.1) is 0 Å². The van der Waals surface area contributed by atoms with Crippen LogP contribution in [0, 0.1) is 6.92 Å². The Morgan fingerprint density at radius 3 is 2.68 bits per heavy atom. The first-order valence-electron chi connectivity index (χ1n) is 8.99. The largest absolute Gasteiger partial charge is 0.494 e. The lowest BCUT2D eigenvalue weighted by Gasteiger charge is -2.05. The smallest absolute Gasteiger partial charge is 0.271 e. The summed E-state index contributed by atoms with van der Waals surface area (Å²) in [7, 11) is 0. The number of halogens is 1. The third-order valence-electron chi connectivity index (χ3n) is 4.03. The molecular formula is C22H21ClN2O3. The summed E-state index contributed by atoms with van der Waals surface area (Å²) in [6.07, 6.45) is 2.39. The Morgan fingerprint density at radius 2 is 1.96 bits per heavy atom. The van der Waals surface area contributed by atoms with Crippen molar-refractivity contribution in [1.82, 2.24) is 5.43 Å². The maximum absolute atomic E-state index is 12.1. The molecule has 28 heavy (non-hydrogen) atoms. The molecule has 0 aliphatic heterocycles. The number of ether oxygens (including phenoxy) is 1. The van der Waals surface area contributed by atoms with Crippen LogP contribution in [0.2, 0.25) is 5.02 Å². The highest BCUT2D eigenvalue weighted by molar-refractivity contribution is 6.31. The third-order valence-corrected chi connectivity index (χ3v) is 4.44. The number of rotatable bonds is 7. The quantitative estimate of drug-likeness (QED) is 0.426. The standard InChI is InChI=1S/C22H21ClN2O3/c1-3-12-27-18-8-6-16(7-9-18)22(26)25-24-14-19-10-11-21(28-19)17-5-4-15(2)20(23)13-17/h4-11,13-14H,3,12H2,1-2H3,(H,25,26)/b24-14+. The Kier molecular flexibility index (Phi) is 6.50. The van der Waals surface area contributed by atoms with Crippen LogP contribution >= 0.6 is 11.6 Å². The SMILES string of the molecule is CCCOc1ccc(C(=O)N/N=C/c2ccc(-c3ccc(C)c(Cl)c3)o2)cc1. The van der Waals surface area contributed by atoms with Crippen molar-refractivity contribution in [3.8, 4) is 17.1 Å².